The molecule has 0 spiro atoms. The number of hydrogen-bond donors (Lipinski definition) is 3. The number of fused-ring (bicyclic) bond motifs is 1. The first kappa shape index (κ1) is 20.5. The molecule has 0 saturated carbocycles. The molecular formula is C23H20FN5OS. The van der Waals surface area contributed by atoms with Gasteiger partial charge in [0.2, 0.25) is 0 Å². The molecule has 0 radical (unpaired) electrons. The zero-order valence-corrected chi connectivity index (χ0v) is 17.8. The van der Waals surface area contributed by atoms with Crippen molar-refractivity contribution in [3.05, 3.63) is 83.9 Å². The number of aryl methyl sites for hydroxylation is 1. The molecule has 0 aliphatic carbocycles. The number of H-pyrrole nitrogens is 1. The predicted molar refractivity (Wildman–Crippen MR) is 125 cm³/mol. The van der Waals surface area contributed by atoms with Gasteiger partial charge in [-0.1, -0.05) is 17.7 Å². The Hall–Kier alpha value is -3.78. The maximum Gasteiger partial charge on any atom is 0.191 e. The molecule has 0 saturated heterocycles. The van der Waals surface area contributed by atoms with Crippen LogP contribution in [-0.2, 0) is 0 Å². The summed E-state index contributed by atoms with van der Waals surface area (Å²) in [5, 5.41) is 7.77. The Balaban J connectivity index is 1.43. The standard InChI is InChI=1S/C23H20FN5OS/c1-14-3-7-17(8-4-14)25-23(31)29-28-15(2)22-26-20-12-11-19(13-21(20)27-22)30-18-9-5-16(24)6-10-18/h3-13H,1-2H3,(H,26,27)(H2,25,29,31)/b28-15+. The lowest BCUT2D eigenvalue weighted by molar-refractivity contribution is 0.481. The minimum absolute atomic E-state index is 0.309. The fraction of sp³-hybridized carbons (Fsp3) is 0.0870. The van der Waals surface area contributed by atoms with Crippen LogP contribution in [0.5, 0.6) is 11.5 Å². The zero-order valence-electron chi connectivity index (χ0n) is 16.9. The Labute approximate surface area is 184 Å². The number of rotatable bonds is 5. The molecule has 0 aliphatic heterocycles. The number of hydrogen-bond acceptors (Lipinski definition) is 4. The van der Waals surface area contributed by atoms with E-state index in [1.165, 1.54) is 17.7 Å². The number of nitrogens with zero attached hydrogens (tertiary/aromatic N) is 2. The third-order valence-corrected chi connectivity index (χ3v) is 4.67. The van der Waals surface area contributed by atoms with Crippen LogP contribution in [0.3, 0.4) is 0 Å². The Morgan fingerprint density at radius 2 is 1.74 bits per heavy atom. The molecule has 0 atom stereocenters. The first-order valence-electron chi connectivity index (χ1n) is 9.58. The predicted octanol–water partition coefficient (Wildman–Crippen LogP) is 5.51. The number of hydrazone groups is 1. The van der Waals surface area contributed by atoms with Gasteiger partial charge < -0.3 is 15.0 Å². The Morgan fingerprint density at radius 3 is 2.48 bits per heavy atom. The van der Waals surface area contributed by atoms with E-state index in [1.54, 1.807) is 12.1 Å². The molecular weight excluding hydrogens is 413 g/mol. The monoisotopic (exact) mass is 433 g/mol. The lowest BCUT2D eigenvalue weighted by atomic mass is 10.2. The molecule has 1 aromatic heterocycles. The maximum absolute atomic E-state index is 13.1. The van der Waals surface area contributed by atoms with E-state index in [0.717, 1.165) is 16.7 Å². The average Bonchev–Trinajstić information content (AvgIpc) is 3.19. The number of imidazole rings is 1. The van der Waals surface area contributed by atoms with E-state index < -0.39 is 0 Å². The summed E-state index contributed by atoms with van der Waals surface area (Å²) >= 11 is 5.29. The van der Waals surface area contributed by atoms with Crippen LogP contribution >= 0.6 is 12.2 Å². The summed E-state index contributed by atoms with van der Waals surface area (Å²) in [4.78, 5) is 7.79. The van der Waals surface area contributed by atoms with E-state index in [-0.39, 0.29) is 5.82 Å². The van der Waals surface area contributed by atoms with Crippen molar-refractivity contribution in [3.8, 4) is 11.5 Å². The van der Waals surface area contributed by atoms with Gasteiger partial charge in [0.25, 0.3) is 0 Å². The second kappa shape index (κ2) is 8.93. The first-order valence-corrected chi connectivity index (χ1v) is 9.98. The van der Waals surface area contributed by atoms with Crippen molar-refractivity contribution in [3.63, 3.8) is 0 Å². The van der Waals surface area contributed by atoms with Gasteiger partial charge in [0.05, 0.1) is 11.0 Å². The molecule has 4 rings (SSSR count). The number of ether oxygens (including phenoxy) is 1. The fourth-order valence-corrected chi connectivity index (χ4v) is 3.01. The van der Waals surface area contributed by atoms with Gasteiger partial charge in [-0.25, -0.2) is 9.37 Å². The minimum atomic E-state index is -0.309. The highest BCUT2D eigenvalue weighted by atomic mass is 32.1. The van der Waals surface area contributed by atoms with Gasteiger partial charge in [0, 0.05) is 11.8 Å². The van der Waals surface area contributed by atoms with Crippen LogP contribution < -0.4 is 15.5 Å². The summed E-state index contributed by atoms with van der Waals surface area (Å²) in [5.41, 5.74) is 7.10. The van der Waals surface area contributed by atoms with Crippen molar-refractivity contribution in [1.82, 2.24) is 15.4 Å². The summed E-state index contributed by atoms with van der Waals surface area (Å²) in [5.74, 6) is 1.46. The van der Waals surface area contributed by atoms with Gasteiger partial charge >= 0.3 is 0 Å². The van der Waals surface area contributed by atoms with Crippen molar-refractivity contribution in [1.29, 1.82) is 0 Å². The number of aromatic nitrogens is 2. The van der Waals surface area contributed by atoms with Gasteiger partial charge in [0.1, 0.15) is 23.0 Å². The second-order valence-electron chi connectivity index (χ2n) is 6.95. The minimum Gasteiger partial charge on any atom is -0.457 e. The highest BCUT2D eigenvalue weighted by molar-refractivity contribution is 7.80. The van der Waals surface area contributed by atoms with Crippen LogP contribution in [0.2, 0.25) is 0 Å². The normalized spacial score (nSPS) is 11.4. The molecule has 6 nitrogen and oxygen atoms in total. The molecule has 0 bridgehead atoms. The maximum atomic E-state index is 13.1. The van der Waals surface area contributed by atoms with Crippen molar-refractivity contribution in [2.75, 3.05) is 5.32 Å². The molecule has 0 fully saturated rings. The number of benzene rings is 3. The van der Waals surface area contributed by atoms with E-state index in [1.807, 2.05) is 56.3 Å². The van der Waals surface area contributed by atoms with E-state index in [0.29, 0.717) is 28.1 Å². The molecule has 0 amide bonds. The van der Waals surface area contributed by atoms with Gasteiger partial charge in [-0.05, 0) is 74.6 Å². The van der Waals surface area contributed by atoms with Gasteiger partial charge in [-0.3, -0.25) is 5.43 Å². The van der Waals surface area contributed by atoms with E-state index in [9.17, 15) is 4.39 Å². The summed E-state index contributed by atoms with van der Waals surface area (Å²) in [6, 6.07) is 19.3. The van der Waals surface area contributed by atoms with Crippen LogP contribution in [0.15, 0.2) is 71.8 Å². The summed E-state index contributed by atoms with van der Waals surface area (Å²) in [6.45, 7) is 3.86. The van der Waals surface area contributed by atoms with Crippen LogP contribution in [0.4, 0.5) is 10.1 Å². The molecule has 156 valence electrons. The first-order chi connectivity index (χ1) is 15.0. The quantitative estimate of drug-likeness (QED) is 0.220. The SMILES string of the molecule is C/C(=N\NC(=S)Nc1ccc(C)cc1)c1nc2cc(Oc3ccc(F)cc3)ccc2[nH]1. The highest BCUT2D eigenvalue weighted by Gasteiger charge is 2.08. The largest absolute Gasteiger partial charge is 0.457 e. The topological polar surface area (TPSA) is 74.3 Å². The number of anilines is 1. The van der Waals surface area contributed by atoms with Crippen molar-refractivity contribution in [2.45, 2.75) is 13.8 Å². The Kier molecular flexibility index (Phi) is 5.90. The summed E-state index contributed by atoms with van der Waals surface area (Å²) < 4.78 is 18.8. The average molecular weight is 434 g/mol. The molecule has 3 N–H and O–H groups in total. The Morgan fingerprint density at radius 1 is 1.03 bits per heavy atom. The molecule has 0 aliphatic rings. The molecule has 1 heterocycles. The smallest absolute Gasteiger partial charge is 0.191 e. The lowest BCUT2D eigenvalue weighted by Crippen LogP contribution is -2.25. The van der Waals surface area contributed by atoms with Crippen molar-refractivity contribution in [2.24, 2.45) is 5.10 Å². The second-order valence-corrected chi connectivity index (χ2v) is 7.36. The zero-order chi connectivity index (χ0) is 21.8. The van der Waals surface area contributed by atoms with Gasteiger partial charge in [0.15, 0.2) is 10.9 Å². The third kappa shape index (κ3) is 5.23. The Bertz CT molecular complexity index is 1250. The van der Waals surface area contributed by atoms with Crippen LogP contribution in [-0.4, -0.2) is 20.8 Å². The number of aromatic amines is 1. The summed E-state index contributed by atoms with van der Waals surface area (Å²) in [6.07, 6.45) is 0. The molecule has 8 heteroatoms. The molecule has 4 aromatic rings. The molecule has 3 aromatic carbocycles. The highest BCUT2D eigenvalue weighted by Crippen LogP contribution is 2.25. The van der Waals surface area contributed by atoms with E-state index in [2.05, 4.69) is 25.8 Å². The van der Waals surface area contributed by atoms with Gasteiger partial charge in [-0.15, -0.1) is 0 Å². The number of nitrogens with one attached hydrogen (secondary N) is 3. The van der Waals surface area contributed by atoms with Crippen LogP contribution in [0.25, 0.3) is 11.0 Å². The third-order valence-electron chi connectivity index (χ3n) is 4.48. The summed E-state index contributed by atoms with van der Waals surface area (Å²) in [7, 11) is 0. The number of halogens is 1. The van der Waals surface area contributed by atoms with Crippen LogP contribution in [0, 0.1) is 12.7 Å². The van der Waals surface area contributed by atoms with Crippen molar-refractivity contribution < 1.29 is 9.13 Å². The van der Waals surface area contributed by atoms with E-state index >= 15 is 0 Å². The van der Waals surface area contributed by atoms with E-state index in [4.69, 9.17) is 17.0 Å². The fourth-order valence-electron chi connectivity index (χ4n) is 2.84. The lowest BCUT2D eigenvalue weighted by Gasteiger charge is -2.07. The number of thiocarbonyl (C=S) groups is 1. The molecule has 31 heavy (non-hydrogen) atoms. The van der Waals surface area contributed by atoms with Gasteiger partial charge in [-0.2, -0.15) is 5.10 Å². The van der Waals surface area contributed by atoms with Crippen LogP contribution in [0.1, 0.15) is 18.3 Å². The molecule has 0 unspecified atom stereocenters. The van der Waals surface area contributed by atoms with Crippen molar-refractivity contribution >= 4 is 39.8 Å².